The summed E-state index contributed by atoms with van der Waals surface area (Å²) in [7, 11) is -5.74. The molecule has 10 heteroatoms. The maximum atomic E-state index is 12.3. The van der Waals surface area contributed by atoms with Gasteiger partial charge in [-0.05, 0) is 18.6 Å². The minimum Gasteiger partial charge on any atom is -0.493 e. The van der Waals surface area contributed by atoms with E-state index in [-0.39, 0.29) is 42.7 Å². The number of fused-ring (bicyclic) bond motifs is 3. The summed E-state index contributed by atoms with van der Waals surface area (Å²) in [5.41, 5.74) is -4.89. The van der Waals surface area contributed by atoms with Gasteiger partial charge in [0.25, 0.3) is 0 Å². The zero-order valence-electron chi connectivity index (χ0n) is 12.4. The van der Waals surface area contributed by atoms with E-state index in [4.69, 9.17) is 9.47 Å². The molecule has 0 saturated heterocycles. The van der Waals surface area contributed by atoms with Crippen molar-refractivity contribution in [3.8, 4) is 11.5 Å². The molecule has 0 spiro atoms. The van der Waals surface area contributed by atoms with Gasteiger partial charge in [-0.15, -0.1) is 0 Å². The molecule has 2 aliphatic rings. The van der Waals surface area contributed by atoms with Crippen LogP contribution in [0.25, 0.3) is 0 Å². The number of alkyl halides is 3. The highest BCUT2D eigenvalue weighted by Crippen LogP contribution is 2.59. The minimum atomic E-state index is -5.74. The summed E-state index contributed by atoms with van der Waals surface area (Å²) < 4.78 is 73.5. The molecule has 1 saturated carbocycles. The van der Waals surface area contributed by atoms with Crippen LogP contribution in [0.15, 0.2) is 18.2 Å². The Hall–Kier alpha value is -1.97. The van der Waals surface area contributed by atoms with Gasteiger partial charge in [0.2, 0.25) is 0 Å². The van der Waals surface area contributed by atoms with E-state index in [0.29, 0.717) is 5.56 Å². The smallest absolute Gasteiger partial charge is 0.493 e. The molecule has 0 amide bonds. The molecule has 1 aliphatic carbocycles. The molecular formula is C14H13F3O6S. The Morgan fingerprint density at radius 1 is 1.38 bits per heavy atom. The van der Waals surface area contributed by atoms with E-state index in [2.05, 4.69) is 4.18 Å². The van der Waals surface area contributed by atoms with Gasteiger partial charge in [0.15, 0.2) is 0 Å². The Morgan fingerprint density at radius 2 is 2.08 bits per heavy atom. The molecule has 1 heterocycles. The second-order valence-electron chi connectivity index (χ2n) is 5.46. The molecule has 1 aromatic rings. The SMILES string of the molecule is CCOC(=O)C1[C@H]2COc3cc(OS(=O)(=O)C(F)(F)F)ccc3[C@@H]12. The van der Waals surface area contributed by atoms with E-state index in [1.54, 1.807) is 6.92 Å². The maximum absolute atomic E-state index is 12.3. The molecule has 0 bridgehead atoms. The summed E-state index contributed by atoms with van der Waals surface area (Å²) >= 11 is 0. The molecule has 6 nitrogen and oxygen atoms in total. The number of rotatable bonds is 4. The zero-order valence-corrected chi connectivity index (χ0v) is 13.2. The first-order valence-electron chi connectivity index (χ1n) is 7.10. The Morgan fingerprint density at radius 3 is 2.71 bits per heavy atom. The van der Waals surface area contributed by atoms with E-state index in [9.17, 15) is 26.4 Å². The number of hydrogen-bond donors (Lipinski definition) is 0. The lowest BCUT2D eigenvalue weighted by Gasteiger charge is -2.17. The Bertz CT molecular complexity index is 773. The van der Waals surface area contributed by atoms with Crippen molar-refractivity contribution < 1.29 is 40.0 Å². The van der Waals surface area contributed by atoms with Gasteiger partial charge < -0.3 is 13.7 Å². The van der Waals surface area contributed by atoms with Gasteiger partial charge in [-0.3, -0.25) is 4.79 Å². The normalized spacial score (nSPS) is 25.1. The fourth-order valence-corrected chi connectivity index (χ4v) is 3.34. The molecule has 1 unspecified atom stereocenters. The quantitative estimate of drug-likeness (QED) is 0.462. The summed E-state index contributed by atoms with van der Waals surface area (Å²) in [6.45, 7) is 2.15. The van der Waals surface area contributed by atoms with E-state index in [0.717, 1.165) is 12.1 Å². The largest absolute Gasteiger partial charge is 0.534 e. The van der Waals surface area contributed by atoms with E-state index < -0.39 is 21.4 Å². The van der Waals surface area contributed by atoms with Gasteiger partial charge in [0, 0.05) is 17.9 Å². The van der Waals surface area contributed by atoms with Crippen LogP contribution in [-0.4, -0.2) is 33.1 Å². The van der Waals surface area contributed by atoms with Gasteiger partial charge >= 0.3 is 21.6 Å². The van der Waals surface area contributed by atoms with Crippen LogP contribution >= 0.6 is 0 Å². The van der Waals surface area contributed by atoms with Crippen molar-refractivity contribution in [2.75, 3.05) is 13.2 Å². The maximum Gasteiger partial charge on any atom is 0.534 e. The van der Waals surface area contributed by atoms with Crippen molar-refractivity contribution in [1.29, 1.82) is 0 Å². The minimum absolute atomic E-state index is 0.0396. The van der Waals surface area contributed by atoms with E-state index in [1.807, 2.05) is 0 Å². The average molecular weight is 366 g/mol. The van der Waals surface area contributed by atoms with Crippen LogP contribution in [0.4, 0.5) is 13.2 Å². The average Bonchev–Trinajstić information content (AvgIpc) is 3.20. The van der Waals surface area contributed by atoms with Crippen molar-refractivity contribution in [2.45, 2.75) is 18.3 Å². The highest BCUT2D eigenvalue weighted by atomic mass is 32.2. The van der Waals surface area contributed by atoms with Crippen LogP contribution in [0.3, 0.4) is 0 Å². The predicted octanol–water partition coefficient (Wildman–Crippen LogP) is 2.20. The third-order valence-electron chi connectivity index (χ3n) is 3.99. The first-order valence-corrected chi connectivity index (χ1v) is 8.50. The Kier molecular flexibility index (Phi) is 3.89. The Balaban J connectivity index is 1.81. The summed E-state index contributed by atoms with van der Waals surface area (Å²) in [5.74, 6) is -1.17. The van der Waals surface area contributed by atoms with Crippen molar-refractivity contribution in [3.05, 3.63) is 23.8 Å². The lowest BCUT2D eigenvalue weighted by molar-refractivity contribution is -0.145. The van der Waals surface area contributed by atoms with Crippen LogP contribution < -0.4 is 8.92 Å². The fourth-order valence-electron chi connectivity index (χ4n) is 2.89. The van der Waals surface area contributed by atoms with Gasteiger partial charge in [-0.1, -0.05) is 6.07 Å². The standard InChI is InChI=1S/C14H13F3O6S/c1-2-21-13(18)12-9-6-22-10-5-7(3-4-8(10)11(9)12)23-24(19,20)14(15,16)17/h3-5,9,11-12H,2,6H2,1H3/t9-,11+,12?/m0/s1. The van der Waals surface area contributed by atoms with Gasteiger partial charge in [-0.25, -0.2) is 0 Å². The number of hydrogen-bond acceptors (Lipinski definition) is 6. The van der Waals surface area contributed by atoms with Gasteiger partial charge in [-0.2, -0.15) is 21.6 Å². The van der Waals surface area contributed by atoms with E-state index >= 15 is 0 Å². The number of halogens is 3. The molecule has 1 aromatic carbocycles. The van der Waals surface area contributed by atoms with Gasteiger partial charge in [0.1, 0.15) is 11.5 Å². The van der Waals surface area contributed by atoms with E-state index in [1.165, 1.54) is 6.07 Å². The van der Waals surface area contributed by atoms with Crippen molar-refractivity contribution >= 4 is 16.1 Å². The number of carbonyl (C=O) groups excluding carboxylic acids is 1. The summed E-state index contributed by atoms with van der Waals surface area (Å²) in [6.07, 6.45) is 0. The highest BCUT2D eigenvalue weighted by molar-refractivity contribution is 7.88. The summed E-state index contributed by atoms with van der Waals surface area (Å²) in [6, 6.07) is 3.59. The molecule has 3 rings (SSSR count). The number of benzene rings is 1. The second-order valence-corrected chi connectivity index (χ2v) is 7.00. The van der Waals surface area contributed by atoms with Crippen LogP contribution in [0.2, 0.25) is 0 Å². The van der Waals surface area contributed by atoms with Crippen LogP contribution in [-0.2, 0) is 19.6 Å². The van der Waals surface area contributed by atoms with Crippen LogP contribution in [0.5, 0.6) is 11.5 Å². The molecule has 1 fully saturated rings. The van der Waals surface area contributed by atoms with Crippen molar-refractivity contribution in [1.82, 2.24) is 0 Å². The second kappa shape index (κ2) is 5.54. The van der Waals surface area contributed by atoms with Gasteiger partial charge in [0.05, 0.1) is 19.1 Å². The monoisotopic (exact) mass is 366 g/mol. The summed E-state index contributed by atoms with van der Waals surface area (Å²) in [4.78, 5) is 11.8. The molecule has 0 radical (unpaired) electrons. The first-order chi connectivity index (χ1) is 11.2. The number of carbonyl (C=O) groups is 1. The zero-order chi connectivity index (χ0) is 17.7. The van der Waals surface area contributed by atoms with Crippen LogP contribution in [0.1, 0.15) is 18.4 Å². The van der Waals surface area contributed by atoms with Crippen molar-refractivity contribution in [2.24, 2.45) is 11.8 Å². The fraction of sp³-hybridized carbons (Fsp3) is 0.500. The third kappa shape index (κ3) is 2.79. The Labute approximate surface area is 135 Å². The predicted molar refractivity (Wildman–Crippen MR) is 73.9 cm³/mol. The lowest BCUT2D eigenvalue weighted by atomic mass is 10.1. The molecule has 3 atom stereocenters. The molecule has 132 valence electrons. The molecule has 24 heavy (non-hydrogen) atoms. The topological polar surface area (TPSA) is 78.9 Å². The number of esters is 1. The highest BCUT2D eigenvalue weighted by Gasteiger charge is 2.59. The molecular weight excluding hydrogens is 353 g/mol. The van der Waals surface area contributed by atoms with Crippen molar-refractivity contribution in [3.63, 3.8) is 0 Å². The molecule has 0 aromatic heterocycles. The first kappa shape index (κ1) is 16.9. The molecule has 1 aliphatic heterocycles. The molecule has 0 N–H and O–H groups in total. The van der Waals surface area contributed by atoms with Crippen LogP contribution in [0, 0.1) is 11.8 Å². The number of ether oxygens (including phenoxy) is 2. The summed E-state index contributed by atoms with van der Waals surface area (Å²) in [5, 5.41) is 0. The third-order valence-corrected chi connectivity index (χ3v) is 4.97. The lowest BCUT2D eigenvalue weighted by Crippen LogP contribution is -2.28.